The molecule has 0 aliphatic carbocycles. The van der Waals surface area contributed by atoms with Gasteiger partial charge in [-0.25, -0.2) is 10.9 Å². The Morgan fingerprint density at radius 3 is 2.43 bits per heavy atom. The summed E-state index contributed by atoms with van der Waals surface area (Å²) in [4.78, 5) is 22.1. The van der Waals surface area contributed by atoms with Crippen molar-refractivity contribution in [1.82, 2.24) is 10.9 Å². The topological polar surface area (TPSA) is 90.8 Å². The summed E-state index contributed by atoms with van der Waals surface area (Å²) in [7, 11) is 0. The third kappa shape index (κ3) is 8.33. The molecule has 1 aromatic carbocycles. The van der Waals surface area contributed by atoms with Crippen LogP contribution in [0.5, 0.6) is 0 Å². The minimum atomic E-state index is -0.445. The highest BCUT2D eigenvalue weighted by molar-refractivity contribution is 5.81. The summed E-state index contributed by atoms with van der Waals surface area (Å²) < 4.78 is 0. The molecule has 112 valence electrons. The van der Waals surface area contributed by atoms with Gasteiger partial charge in [0.05, 0.1) is 0 Å². The molecule has 0 fully saturated rings. The minimum absolute atomic E-state index is 0.201. The van der Waals surface area contributed by atoms with E-state index < -0.39 is 5.91 Å². The van der Waals surface area contributed by atoms with Crippen LogP contribution in [0, 0.1) is 0 Å². The van der Waals surface area contributed by atoms with Gasteiger partial charge in [-0.2, -0.15) is 5.10 Å². The SMILES string of the molecule is O=C(CCCCC(=O)N/N=C/C=C/c1ccccc1)NO. The summed E-state index contributed by atoms with van der Waals surface area (Å²) in [6.45, 7) is 0. The lowest BCUT2D eigenvalue weighted by Crippen LogP contribution is -2.19. The number of nitrogens with zero attached hydrogens (tertiary/aromatic N) is 1. The Morgan fingerprint density at radius 1 is 1.10 bits per heavy atom. The number of carbonyl (C=O) groups excluding carboxylic acids is 2. The van der Waals surface area contributed by atoms with Gasteiger partial charge in [0, 0.05) is 19.1 Å². The van der Waals surface area contributed by atoms with Crippen molar-refractivity contribution in [2.45, 2.75) is 25.7 Å². The molecule has 3 N–H and O–H groups in total. The molecular formula is C15H19N3O3. The van der Waals surface area contributed by atoms with Crippen molar-refractivity contribution in [3.63, 3.8) is 0 Å². The molecule has 0 aromatic heterocycles. The highest BCUT2D eigenvalue weighted by Crippen LogP contribution is 2.00. The first-order valence-corrected chi connectivity index (χ1v) is 6.69. The summed E-state index contributed by atoms with van der Waals surface area (Å²) in [5, 5.41) is 12.1. The molecule has 0 bridgehead atoms. The number of amides is 2. The van der Waals surface area contributed by atoms with E-state index in [1.807, 2.05) is 36.4 Å². The lowest BCUT2D eigenvalue weighted by Gasteiger charge is -1.99. The van der Waals surface area contributed by atoms with E-state index in [4.69, 9.17) is 5.21 Å². The number of nitrogens with one attached hydrogen (secondary N) is 2. The van der Waals surface area contributed by atoms with E-state index in [1.54, 1.807) is 11.6 Å². The number of allylic oxidation sites excluding steroid dienone is 1. The zero-order chi connectivity index (χ0) is 15.3. The fraction of sp³-hybridized carbons (Fsp3) is 0.267. The number of hydrazone groups is 1. The second-order valence-corrected chi connectivity index (χ2v) is 4.33. The Labute approximate surface area is 123 Å². The van der Waals surface area contributed by atoms with Crippen molar-refractivity contribution in [1.29, 1.82) is 0 Å². The van der Waals surface area contributed by atoms with Crippen LogP contribution in [0.25, 0.3) is 6.08 Å². The lowest BCUT2D eigenvalue weighted by atomic mass is 10.2. The molecule has 0 saturated carbocycles. The first-order valence-electron chi connectivity index (χ1n) is 6.69. The van der Waals surface area contributed by atoms with E-state index in [-0.39, 0.29) is 12.3 Å². The van der Waals surface area contributed by atoms with Crippen molar-refractivity contribution >= 4 is 24.1 Å². The first kappa shape index (κ1) is 16.6. The molecule has 21 heavy (non-hydrogen) atoms. The minimum Gasteiger partial charge on any atom is -0.289 e. The molecule has 0 unspecified atom stereocenters. The van der Waals surface area contributed by atoms with Gasteiger partial charge in [-0.15, -0.1) is 0 Å². The maximum Gasteiger partial charge on any atom is 0.243 e. The van der Waals surface area contributed by atoms with E-state index in [1.165, 1.54) is 6.21 Å². The molecular weight excluding hydrogens is 270 g/mol. The fourth-order valence-electron chi connectivity index (χ4n) is 1.55. The predicted octanol–water partition coefficient (Wildman–Crippen LogP) is 1.87. The number of hydroxylamine groups is 1. The Morgan fingerprint density at radius 2 is 1.76 bits per heavy atom. The number of rotatable bonds is 8. The van der Waals surface area contributed by atoms with E-state index in [2.05, 4.69) is 10.5 Å². The van der Waals surface area contributed by atoms with Gasteiger partial charge in [0.2, 0.25) is 11.8 Å². The standard InChI is InChI=1S/C15H19N3O3/c19-14(10-4-5-11-15(20)18-21)17-16-12-6-9-13-7-2-1-3-8-13/h1-3,6-9,12,21H,4-5,10-11H2,(H,17,19)(H,18,20)/b9-6+,16-12+. The number of unbranched alkanes of at least 4 members (excludes halogenated alkanes) is 1. The molecule has 0 aliphatic rings. The molecule has 0 heterocycles. The largest absolute Gasteiger partial charge is 0.289 e. The molecule has 0 radical (unpaired) electrons. The summed E-state index contributed by atoms with van der Waals surface area (Å²) in [6, 6.07) is 9.75. The van der Waals surface area contributed by atoms with E-state index in [0.717, 1.165) is 5.56 Å². The number of hydrogen-bond acceptors (Lipinski definition) is 4. The van der Waals surface area contributed by atoms with Crippen LogP contribution in [0.3, 0.4) is 0 Å². The number of carbonyl (C=O) groups is 2. The molecule has 0 saturated heterocycles. The van der Waals surface area contributed by atoms with Crippen molar-refractivity contribution < 1.29 is 14.8 Å². The monoisotopic (exact) mass is 289 g/mol. The van der Waals surface area contributed by atoms with Gasteiger partial charge < -0.3 is 0 Å². The van der Waals surface area contributed by atoms with Crippen LogP contribution in [-0.4, -0.2) is 23.2 Å². The maximum absolute atomic E-state index is 11.4. The third-order valence-electron chi connectivity index (χ3n) is 2.62. The van der Waals surface area contributed by atoms with Crippen LogP contribution in [0.1, 0.15) is 31.2 Å². The summed E-state index contributed by atoms with van der Waals surface area (Å²) in [5.41, 5.74) is 5.00. The van der Waals surface area contributed by atoms with Crippen LogP contribution in [0.15, 0.2) is 41.5 Å². The van der Waals surface area contributed by atoms with Gasteiger partial charge in [0.1, 0.15) is 0 Å². The van der Waals surface area contributed by atoms with E-state index in [0.29, 0.717) is 19.3 Å². The second kappa shape index (κ2) is 10.3. The first-order chi connectivity index (χ1) is 10.2. The molecule has 0 atom stereocenters. The Bertz CT molecular complexity index is 498. The molecule has 1 rings (SSSR count). The molecule has 6 heteroatoms. The smallest absolute Gasteiger partial charge is 0.243 e. The quantitative estimate of drug-likeness (QED) is 0.295. The fourth-order valence-corrected chi connectivity index (χ4v) is 1.55. The molecule has 6 nitrogen and oxygen atoms in total. The zero-order valence-electron chi connectivity index (χ0n) is 11.7. The van der Waals surface area contributed by atoms with Crippen LogP contribution >= 0.6 is 0 Å². The van der Waals surface area contributed by atoms with E-state index >= 15 is 0 Å². The Kier molecular flexibility index (Phi) is 8.16. The maximum atomic E-state index is 11.4. The Hall–Kier alpha value is -2.47. The summed E-state index contributed by atoms with van der Waals surface area (Å²) in [5.74, 6) is -0.650. The van der Waals surface area contributed by atoms with Gasteiger partial charge in [0.25, 0.3) is 0 Å². The van der Waals surface area contributed by atoms with Crippen molar-refractivity contribution in [3.05, 3.63) is 42.0 Å². The molecule has 0 spiro atoms. The average molecular weight is 289 g/mol. The average Bonchev–Trinajstić information content (AvgIpc) is 2.52. The van der Waals surface area contributed by atoms with Gasteiger partial charge in [-0.3, -0.25) is 14.8 Å². The van der Waals surface area contributed by atoms with Crippen LogP contribution in [0.4, 0.5) is 0 Å². The van der Waals surface area contributed by atoms with Gasteiger partial charge in [-0.1, -0.05) is 36.4 Å². The zero-order valence-corrected chi connectivity index (χ0v) is 11.7. The molecule has 2 amide bonds. The predicted molar refractivity (Wildman–Crippen MR) is 80.5 cm³/mol. The summed E-state index contributed by atoms with van der Waals surface area (Å²) >= 11 is 0. The third-order valence-corrected chi connectivity index (χ3v) is 2.62. The molecule has 1 aromatic rings. The van der Waals surface area contributed by atoms with Crippen LogP contribution < -0.4 is 10.9 Å². The van der Waals surface area contributed by atoms with Gasteiger partial charge >= 0.3 is 0 Å². The van der Waals surface area contributed by atoms with Gasteiger partial charge in [-0.05, 0) is 24.5 Å². The lowest BCUT2D eigenvalue weighted by molar-refractivity contribution is -0.129. The summed E-state index contributed by atoms with van der Waals surface area (Å²) in [6.07, 6.45) is 6.71. The van der Waals surface area contributed by atoms with Crippen LogP contribution in [-0.2, 0) is 9.59 Å². The Balaban J connectivity index is 2.14. The normalized spacial score (nSPS) is 10.9. The molecule has 0 aliphatic heterocycles. The van der Waals surface area contributed by atoms with Crippen molar-refractivity contribution in [2.24, 2.45) is 5.10 Å². The van der Waals surface area contributed by atoms with Crippen molar-refractivity contribution in [3.8, 4) is 0 Å². The van der Waals surface area contributed by atoms with Gasteiger partial charge in [0.15, 0.2) is 0 Å². The highest BCUT2D eigenvalue weighted by atomic mass is 16.5. The van der Waals surface area contributed by atoms with Crippen molar-refractivity contribution in [2.75, 3.05) is 0 Å². The number of hydrogen-bond donors (Lipinski definition) is 3. The highest BCUT2D eigenvalue weighted by Gasteiger charge is 2.01. The van der Waals surface area contributed by atoms with E-state index in [9.17, 15) is 9.59 Å². The second-order valence-electron chi connectivity index (χ2n) is 4.33. The number of benzene rings is 1. The van der Waals surface area contributed by atoms with Crippen LogP contribution in [0.2, 0.25) is 0 Å².